The van der Waals surface area contributed by atoms with E-state index in [4.69, 9.17) is 9.31 Å². The summed E-state index contributed by atoms with van der Waals surface area (Å²) in [5.41, 5.74) is -4.04. The van der Waals surface area contributed by atoms with Crippen molar-refractivity contribution in [3.05, 3.63) is 39.3 Å². The van der Waals surface area contributed by atoms with E-state index in [1.54, 1.807) is 27.7 Å². The van der Waals surface area contributed by atoms with Crippen molar-refractivity contribution in [3.63, 3.8) is 0 Å². The second-order valence-corrected chi connectivity index (χ2v) is 7.32. The molecular weight excluding hydrogens is 398 g/mol. The zero-order chi connectivity index (χ0) is 18.5. The van der Waals surface area contributed by atoms with Crippen LogP contribution in [0.25, 0.3) is 6.08 Å². The van der Waals surface area contributed by atoms with Crippen LogP contribution in [0, 0.1) is 5.82 Å². The van der Waals surface area contributed by atoms with Gasteiger partial charge >= 0.3 is 13.3 Å². The summed E-state index contributed by atoms with van der Waals surface area (Å²) in [6.45, 7) is 6.87. The van der Waals surface area contributed by atoms with Crippen molar-refractivity contribution >= 4 is 29.1 Å². The summed E-state index contributed by atoms with van der Waals surface area (Å²) in [5, 5.41) is 0. The van der Waals surface area contributed by atoms with Gasteiger partial charge in [0, 0.05) is 10.0 Å². The molecule has 1 saturated heterocycles. The Morgan fingerprint density at radius 3 is 2.04 bits per heavy atom. The van der Waals surface area contributed by atoms with Crippen LogP contribution in [0.2, 0.25) is 0 Å². The molecule has 1 heterocycles. The Labute approximate surface area is 145 Å². The highest BCUT2D eigenvalue weighted by Crippen LogP contribution is 2.40. The van der Waals surface area contributed by atoms with Gasteiger partial charge in [-0.1, -0.05) is 15.9 Å². The number of alkyl halides is 3. The highest BCUT2D eigenvalue weighted by molar-refractivity contribution is 9.10. The van der Waals surface area contributed by atoms with Gasteiger partial charge in [-0.3, -0.25) is 0 Å². The molecule has 0 bridgehead atoms. The first-order valence-corrected chi connectivity index (χ1v) is 7.83. The van der Waals surface area contributed by atoms with Crippen LogP contribution in [-0.4, -0.2) is 18.3 Å². The Morgan fingerprint density at radius 1 is 1.12 bits per heavy atom. The molecule has 0 unspecified atom stereocenters. The Balaban J connectivity index is 2.35. The lowest BCUT2D eigenvalue weighted by Gasteiger charge is -2.32. The van der Waals surface area contributed by atoms with E-state index < -0.39 is 41.6 Å². The van der Waals surface area contributed by atoms with Crippen molar-refractivity contribution in [2.75, 3.05) is 0 Å². The zero-order valence-corrected chi connectivity index (χ0v) is 15.0. The van der Waals surface area contributed by atoms with E-state index in [2.05, 4.69) is 15.9 Å². The summed E-state index contributed by atoms with van der Waals surface area (Å²) in [5.74, 6) is -1.21. The summed E-state index contributed by atoms with van der Waals surface area (Å²) in [6.07, 6.45) is -3.93. The van der Waals surface area contributed by atoms with Gasteiger partial charge in [-0.05, 0) is 45.9 Å². The molecule has 1 aromatic carbocycles. The molecule has 1 aliphatic rings. The third kappa shape index (κ3) is 3.67. The topological polar surface area (TPSA) is 18.5 Å². The summed E-state index contributed by atoms with van der Waals surface area (Å²) in [7, 11) is -1.36. The normalized spacial score (nSPS) is 20.6. The lowest BCUT2D eigenvalue weighted by Crippen LogP contribution is -2.41. The predicted molar refractivity (Wildman–Crippen MR) is 84.3 cm³/mol. The fourth-order valence-corrected chi connectivity index (χ4v) is 2.60. The van der Waals surface area contributed by atoms with Gasteiger partial charge in [-0.25, -0.2) is 8.78 Å². The van der Waals surface area contributed by atoms with Gasteiger partial charge in [0.1, 0.15) is 11.5 Å². The van der Waals surface area contributed by atoms with Crippen molar-refractivity contribution in [1.29, 1.82) is 0 Å². The van der Waals surface area contributed by atoms with Crippen LogP contribution in [0.5, 0.6) is 0 Å². The maximum Gasteiger partial charge on any atom is 0.525 e. The van der Waals surface area contributed by atoms with Crippen LogP contribution in [0.1, 0.15) is 38.8 Å². The molecule has 0 aromatic heterocycles. The van der Waals surface area contributed by atoms with E-state index in [-0.39, 0.29) is 10.0 Å². The molecule has 0 N–H and O–H groups in total. The van der Waals surface area contributed by atoms with E-state index in [1.807, 2.05) is 0 Å². The molecule has 1 aromatic rings. The predicted octanol–water partition coefficient (Wildman–Crippen LogP) is 5.55. The van der Waals surface area contributed by atoms with Crippen LogP contribution >= 0.6 is 15.9 Å². The highest BCUT2D eigenvalue weighted by Gasteiger charge is 2.53. The molecule has 24 heavy (non-hydrogen) atoms. The van der Waals surface area contributed by atoms with Crippen molar-refractivity contribution in [2.45, 2.75) is 45.1 Å². The minimum atomic E-state index is -4.70. The van der Waals surface area contributed by atoms with Gasteiger partial charge in [0.2, 0.25) is 0 Å². The van der Waals surface area contributed by atoms with Crippen LogP contribution in [0.3, 0.4) is 0 Å². The highest BCUT2D eigenvalue weighted by atomic mass is 79.9. The van der Waals surface area contributed by atoms with Gasteiger partial charge in [0.15, 0.2) is 0 Å². The molecule has 0 saturated carbocycles. The Kier molecular flexibility index (Phi) is 4.93. The van der Waals surface area contributed by atoms with Crippen LogP contribution in [-0.2, 0) is 15.5 Å². The number of halogens is 6. The SMILES string of the molecule is CC1(C)OB(C(F)=Cc2c(F)cc(C(F)(F)F)cc2Br)OC1(C)C. The fourth-order valence-electron chi connectivity index (χ4n) is 2.05. The molecule has 2 nitrogen and oxygen atoms in total. The first-order valence-electron chi connectivity index (χ1n) is 7.03. The third-order valence-corrected chi connectivity index (χ3v) is 4.82. The Bertz CT molecular complexity index is 646. The van der Waals surface area contributed by atoms with Gasteiger partial charge in [-0.15, -0.1) is 0 Å². The standard InChI is InChI=1S/C15H15BBrF5O2/c1-13(2)14(3,4)24-16(23-13)12(19)7-9-10(17)5-8(6-11(9)18)15(20,21)22/h5-7H,1-4H3. The minimum absolute atomic E-state index is 0.221. The van der Waals surface area contributed by atoms with Gasteiger partial charge < -0.3 is 9.31 Å². The molecular formula is C15H15BBrF5O2. The quantitative estimate of drug-likeness (QED) is 0.468. The van der Waals surface area contributed by atoms with Gasteiger partial charge in [0.25, 0.3) is 0 Å². The number of benzene rings is 1. The first-order chi connectivity index (χ1) is 10.7. The van der Waals surface area contributed by atoms with Gasteiger partial charge in [0.05, 0.1) is 16.8 Å². The largest absolute Gasteiger partial charge is 0.525 e. The van der Waals surface area contributed by atoms with Crippen molar-refractivity contribution in [2.24, 2.45) is 0 Å². The summed E-state index contributed by atoms with van der Waals surface area (Å²) in [4.78, 5) is 0. The summed E-state index contributed by atoms with van der Waals surface area (Å²) >= 11 is 2.84. The first kappa shape index (κ1) is 19.4. The van der Waals surface area contributed by atoms with E-state index in [1.165, 1.54) is 0 Å². The maximum absolute atomic E-state index is 14.4. The lowest BCUT2D eigenvalue weighted by atomic mass is 9.86. The van der Waals surface area contributed by atoms with Crippen LogP contribution < -0.4 is 0 Å². The second-order valence-electron chi connectivity index (χ2n) is 6.47. The number of rotatable bonds is 2. The van der Waals surface area contributed by atoms with Crippen molar-refractivity contribution in [1.82, 2.24) is 0 Å². The van der Waals surface area contributed by atoms with E-state index >= 15 is 0 Å². The minimum Gasteiger partial charge on any atom is -0.398 e. The van der Waals surface area contributed by atoms with E-state index in [0.717, 1.165) is 6.08 Å². The average molecular weight is 413 g/mol. The molecule has 0 aliphatic carbocycles. The monoisotopic (exact) mass is 412 g/mol. The molecule has 1 fully saturated rings. The lowest BCUT2D eigenvalue weighted by molar-refractivity contribution is -0.137. The second kappa shape index (κ2) is 6.11. The zero-order valence-electron chi connectivity index (χ0n) is 13.4. The molecule has 9 heteroatoms. The molecule has 0 atom stereocenters. The average Bonchev–Trinajstić information content (AvgIpc) is 2.61. The van der Waals surface area contributed by atoms with E-state index in [0.29, 0.717) is 12.1 Å². The van der Waals surface area contributed by atoms with Gasteiger partial charge in [-0.2, -0.15) is 13.2 Å². The Morgan fingerprint density at radius 2 is 1.62 bits per heavy atom. The smallest absolute Gasteiger partial charge is 0.398 e. The summed E-state index contributed by atoms with van der Waals surface area (Å²) in [6, 6.07) is 1.00. The summed E-state index contributed by atoms with van der Waals surface area (Å²) < 4.78 is 77.0. The Hall–Kier alpha value is -0.925. The molecule has 0 radical (unpaired) electrons. The maximum atomic E-state index is 14.4. The molecule has 0 amide bonds. The van der Waals surface area contributed by atoms with Crippen LogP contribution in [0.15, 0.2) is 22.3 Å². The van der Waals surface area contributed by atoms with Crippen molar-refractivity contribution in [3.8, 4) is 0 Å². The number of hydrogen-bond donors (Lipinski definition) is 0. The molecule has 2 rings (SSSR count). The van der Waals surface area contributed by atoms with Crippen molar-refractivity contribution < 1.29 is 31.3 Å². The number of hydrogen-bond acceptors (Lipinski definition) is 2. The fraction of sp³-hybridized carbons (Fsp3) is 0.467. The van der Waals surface area contributed by atoms with Crippen LogP contribution in [0.4, 0.5) is 22.0 Å². The molecule has 132 valence electrons. The van der Waals surface area contributed by atoms with E-state index in [9.17, 15) is 22.0 Å². The molecule has 0 spiro atoms. The molecule has 1 aliphatic heterocycles. The third-order valence-electron chi connectivity index (χ3n) is 4.17.